The molecule has 0 spiro atoms. The van der Waals surface area contributed by atoms with Crippen LogP contribution in [0.1, 0.15) is 30.0 Å². The van der Waals surface area contributed by atoms with E-state index in [0.29, 0.717) is 12.3 Å². The number of hydrogen-bond donors (Lipinski definition) is 1. The number of rotatable bonds is 3. The van der Waals surface area contributed by atoms with Crippen molar-refractivity contribution in [1.82, 2.24) is 15.1 Å². The molecular formula is C14H17N3OS. The summed E-state index contributed by atoms with van der Waals surface area (Å²) in [5.41, 5.74) is 2.27. The van der Waals surface area contributed by atoms with E-state index in [9.17, 15) is 4.79 Å². The van der Waals surface area contributed by atoms with Gasteiger partial charge in [-0.2, -0.15) is 16.4 Å². The van der Waals surface area contributed by atoms with Crippen LogP contribution >= 0.6 is 11.3 Å². The number of H-pyrrole nitrogens is 1. The number of aromatic nitrogens is 2. The van der Waals surface area contributed by atoms with Crippen LogP contribution in [-0.4, -0.2) is 34.1 Å². The van der Waals surface area contributed by atoms with Crippen molar-refractivity contribution in [2.24, 2.45) is 0 Å². The molecule has 1 aliphatic rings. The molecule has 5 heteroatoms. The topological polar surface area (TPSA) is 49.0 Å². The lowest BCUT2D eigenvalue weighted by atomic mass is 9.94. The third-order valence-corrected chi connectivity index (χ3v) is 4.40. The number of hydrogen-bond acceptors (Lipinski definition) is 3. The van der Waals surface area contributed by atoms with Crippen molar-refractivity contribution in [2.45, 2.75) is 25.2 Å². The van der Waals surface area contributed by atoms with Crippen molar-refractivity contribution < 1.29 is 4.79 Å². The molecule has 1 fully saturated rings. The molecule has 1 saturated heterocycles. The van der Waals surface area contributed by atoms with Crippen molar-refractivity contribution in [3.63, 3.8) is 0 Å². The molecule has 1 N–H and O–H groups in total. The van der Waals surface area contributed by atoms with E-state index in [1.165, 1.54) is 0 Å². The number of thiophene rings is 1. The number of carbonyl (C=O) groups is 1. The molecule has 1 unspecified atom stereocenters. The Morgan fingerprint density at radius 2 is 2.47 bits per heavy atom. The quantitative estimate of drug-likeness (QED) is 0.935. The van der Waals surface area contributed by atoms with Gasteiger partial charge in [0, 0.05) is 30.9 Å². The Bertz CT molecular complexity index is 521. The molecule has 2 aromatic heterocycles. The summed E-state index contributed by atoms with van der Waals surface area (Å²) in [7, 11) is 0. The molecule has 4 nitrogen and oxygen atoms in total. The van der Waals surface area contributed by atoms with E-state index in [1.54, 1.807) is 17.5 Å². The highest BCUT2D eigenvalue weighted by molar-refractivity contribution is 7.07. The first-order valence-corrected chi connectivity index (χ1v) is 7.55. The van der Waals surface area contributed by atoms with Crippen LogP contribution in [0.2, 0.25) is 0 Å². The number of aromatic amines is 1. The first kappa shape index (κ1) is 12.4. The third kappa shape index (κ3) is 2.87. The van der Waals surface area contributed by atoms with Crippen LogP contribution in [0.5, 0.6) is 0 Å². The summed E-state index contributed by atoms with van der Waals surface area (Å²) < 4.78 is 0. The molecule has 0 aromatic carbocycles. The fourth-order valence-electron chi connectivity index (χ4n) is 2.63. The van der Waals surface area contributed by atoms with Gasteiger partial charge in [-0.15, -0.1) is 0 Å². The van der Waals surface area contributed by atoms with Gasteiger partial charge in [-0.3, -0.25) is 9.89 Å². The maximum atomic E-state index is 12.3. The van der Waals surface area contributed by atoms with E-state index < -0.39 is 0 Å². The second-order valence-corrected chi connectivity index (χ2v) is 5.78. The third-order valence-electron chi connectivity index (χ3n) is 3.67. The van der Waals surface area contributed by atoms with Crippen LogP contribution in [0, 0.1) is 0 Å². The number of carbonyl (C=O) groups excluding carboxylic acids is 1. The lowest BCUT2D eigenvalue weighted by Crippen LogP contribution is -2.40. The van der Waals surface area contributed by atoms with E-state index >= 15 is 0 Å². The zero-order valence-electron chi connectivity index (χ0n) is 10.7. The van der Waals surface area contributed by atoms with Crippen molar-refractivity contribution in [1.29, 1.82) is 0 Å². The van der Waals surface area contributed by atoms with Gasteiger partial charge in [0.05, 0.1) is 6.42 Å². The Morgan fingerprint density at radius 1 is 1.53 bits per heavy atom. The predicted molar refractivity (Wildman–Crippen MR) is 75.2 cm³/mol. The SMILES string of the molecule is O=C(Cc1ccsc1)N1CCCC(c2ccn[nH]2)C1. The smallest absolute Gasteiger partial charge is 0.227 e. The lowest BCUT2D eigenvalue weighted by molar-refractivity contribution is -0.131. The van der Waals surface area contributed by atoms with Crippen LogP contribution in [0.4, 0.5) is 0 Å². The monoisotopic (exact) mass is 275 g/mol. The zero-order valence-corrected chi connectivity index (χ0v) is 11.5. The zero-order chi connectivity index (χ0) is 13.1. The largest absolute Gasteiger partial charge is 0.342 e. The molecule has 0 bridgehead atoms. The van der Waals surface area contributed by atoms with E-state index in [0.717, 1.165) is 37.2 Å². The highest BCUT2D eigenvalue weighted by Crippen LogP contribution is 2.25. The van der Waals surface area contributed by atoms with Crippen LogP contribution < -0.4 is 0 Å². The minimum atomic E-state index is 0.239. The van der Waals surface area contributed by atoms with Crippen molar-refractivity contribution in [3.8, 4) is 0 Å². The van der Waals surface area contributed by atoms with Gasteiger partial charge in [0.25, 0.3) is 0 Å². The molecule has 3 rings (SSSR count). The van der Waals surface area contributed by atoms with Crippen molar-refractivity contribution in [2.75, 3.05) is 13.1 Å². The van der Waals surface area contributed by atoms with E-state index in [2.05, 4.69) is 10.2 Å². The van der Waals surface area contributed by atoms with Gasteiger partial charge >= 0.3 is 0 Å². The Balaban J connectivity index is 1.63. The Morgan fingerprint density at radius 3 is 3.21 bits per heavy atom. The molecule has 19 heavy (non-hydrogen) atoms. The molecular weight excluding hydrogens is 258 g/mol. The summed E-state index contributed by atoms with van der Waals surface area (Å²) >= 11 is 1.64. The molecule has 0 radical (unpaired) electrons. The number of amides is 1. The number of piperidine rings is 1. The minimum absolute atomic E-state index is 0.239. The normalized spacial score (nSPS) is 19.6. The average molecular weight is 275 g/mol. The molecule has 1 atom stereocenters. The highest BCUT2D eigenvalue weighted by atomic mass is 32.1. The minimum Gasteiger partial charge on any atom is -0.342 e. The van der Waals surface area contributed by atoms with Gasteiger partial charge in [-0.1, -0.05) is 0 Å². The summed E-state index contributed by atoms with van der Waals surface area (Å²) in [6.07, 6.45) is 4.50. The Hall–Kier alpha value is -1.62. The summed E-state index contributed by atoms with van der Waals surface area (Å²) in [6, 6.07) is 4.04. The molecule has 1 amide bonds. The van der Waals surface area contributed by atoms with Crippen LogP contribution in [0.3, 0.4) is 0 Å². The Kier molecular flexibility index (Phi) is 3.64. The standard InChI is InChI=1S/C14H17N3OS/c18-14(8-11-4-7-19-10-11)17-6-1-2-12(9-17)13-3-5-15-16-13/h3-5,7,10,12H,1-2,6,8-9H2,(H,15,16). The summed E-state index contributed by atoms with van der Waals surface area (Å²) in [6.45, 7) is 1.69. The van der Waals surface area contributed by atoms with Crippen molar-refractivity contribution >= 4 is 17.2 Å². The molecule has 1 aliphatic heterocycles. The summed E-state index contributed by atoms with van der Waals surface area (Å²) in [4.78, 5) is 14.3. The predicted octanol–water partition coefficient (Wildman–Crippen LogP) is 2.42. The van der Waals surface area contributed by atoms with E-state index in [1.807, 2.05) is 27.8 Å². The van der Waals surface area contributed by atoms with Crippen LogP contribution in [0.25, 0.3) is 0 Å². The molecule has 0 saturated carbocycles. The average Bonchev–Trinajstić information content (AvgIpc) is 3.12. The first-order chi connectivity index (χ1) is 9.33. The molecule has 2 aromatic rings. The molecule has 0 aliphatic carbocycles. The second-order valence-electron chi connectivity index (χ2n) is 5.00. The maximum absolute atomic E-state index is 12.3. The summed E-state index contributed by atoms with van der Waals surface area (Å²) in [5, 5.41) is 11.1. The summed E-state index contributed by atoms with van der Waals surface area (Å²) in [5.74, 6) is 0.644. The number of likely N-dealkylation sites (tertiary alicyclic amines) is 1. The Labute approximate surface area is 116 Å². The van der Waals surface area contributed by atoms with Gasteiger partial charge in [-0.25, -0.2) is 0 Å². The maximum Gasteiger partial charge on any atom is 0.227 e. The van der Waals surface area contributed by atoms with E-state index in [-0.39, 0.29) is 5.91 Å². The second kappa shape index (κ2) is 5.57. The van der Waals surface area contributed by atoms with Crippen LogP contribution in [-0.2, 0) is 11.2 Å². The van der Waals surface area contributed by atoms with Gasteiger partial charge in [-0.05, 0) is 41.3 Å². The van der Waals surface area contributed by atoms with Gasteiger partial charge in [0.1, 0.15) is 0 Å². The molecule has 3 heterocycles. The fraction of sp³-hybridized carbons (Fsp3) is 0.429. The molecule has 100 valence electrons. The van der Waals surface area contributed by atoms with Crippen LogP contribution in [0.15, 0.2) is 29.1 Å². The van der Waals surface area contributed by atoms with Gasteiger partial charge < -0.3 is 4.90 Å². The van der Waals surface area contributed by atoms with Crippen molar-refractivity contribution in [3.05, 3.63) is 40.3 Å². The highest BCUT2D eigenvalue weighted by Gasteiger charge is 2.25. The lowest BCUT2D eigenvalue weighted by Gasteiger charge is -2.32. The number of nitrogens with zero attached hydrogens (tertiary/aromatic N) is 2. The van der Waals surface area contributed by atoms with Gasteiger partial charge in [0.2, 0.25) is 5.91 Å². The fourth-order valence-corrected chi connectivity index (χ4v) is 3.30. The first-order valence-electron chi connectivity index (χ1n) is 6.61. The number of nitrogens with one attached hydrogen (secondary N) is 1. The van der Waals surface area contributed by atoms with E-state index in [4.69, 9.17) is 0 Å². The van der Waals surface area contributed by atoms with Gasteiger partial charge in [0.15, 0.2) is 0 Å².